The van der Waals surface area contributed by atoms with Gasteiger partial charge >= 0.3 is 0 Å². The van der Waals surface area contributed by atoms with Crippen LogP contribution in [0, 0.1) is 6.92 Å². The summed E-state index contributed by atoms with van der Waals surface area (Å²) in [6.07, 6.45) is 1.17. The molecule has 0 aliphatic rings. The molecule has 0 saturated heterocycles. The highest BCUT2D eigenvalue weighted by Crippen LogP contribution is 2.21. The van der Waals surface area contributed by atoms with Gasteiger partial charge in [0.25, 0.3) is 0 Å². The van der Waals surface area contributed by atoms with Crippen LogP contribution >= 0.6 is 11.6 Å². The fourth-order valence-corrected chi connectivity index (χ4v) is 1.70. The van der Waals surface area contributed by atoms with Crippen molar-refractivity contribution in [3.05, 3.63) is 28.8 Å². The van der Waals surface area contributed by atoms with E-state index in [-0.39, 0.29) is 11.9 Å². The van der Waals surface area contributed by atoms with Gasteiger partial charge in [-0.3, -0.25) is 4.79 Å². The van der Waals surface area contributed by atoms with Crippen LogP contribution in [0.15, 0.2) is 18.2 Å². The van der Waals surface area contributed by atoms with E-state index in [1.807, 2.05) is 39.1 Å². The number of carbonyl (C=O) groups excluding carboxylic acids is 1. The van der Waals surface area contributed by atoms with Crippen LogP contribution in [0.5, 0.6) is 5.75 Å². The zero-order chi connectivity index (χ0) is 15.0. The number of nitrogens with one attached hydrogen (secondary N) is 2. The second-order valence-electron chi connectivity index (χ2n) is 4.86. The van der Waals surface area contributed by atoms with E-state index in [1.54, 1.807) is 0 Å². The molecular weight excluding hydrogens is 276 g/mol. The normalized spacial score (nSPS) is 12.0. The number of aryl methyl sites for hydroxylation is 1. The topological polar surface area (TPSA) is 50.4 Å². The molecule has 0 saturated carbocycles. The fourth-order valence-electron chi connectivity index (χ4n) is 1.59. The Hall–Kier alpha value is -1.26. The van der Waals surface area contributed by atoms with Gasteiger partial charge in [-0.25, -0.2) is 0 Å². The molecule has 0 aliphatic carbocycles. The predicted molar refractivity (Wildman–Crippen MR) is 82.4 cm³/mol. The van der Waals surface area contributed by atoms with E-state index in [9.17, 15) is 4.79 Å². The Morgan fingerprint density at radius 2 is 2.20 bits per heavy atom. The van der Waals surface area contributed by atoms with Gasteiger partial charge in [0.05, 0.1) is 6.61 Å². The lowest BCUT2D eigenvalue weighted by Crippen LogP contribution is -2.37. The quantitative estimate of drug-likeness (QED) is 0.725. The first-order chi connectivity index (χ1) is 9.52. The molecule has 1 atom stereocenters. The van der Waals surface area contributed by atoms with Crippen LogP contribution < -0.4 is 15.4 Å². The van der Waals surface area contributed by atoms with Gasteiger partial charge in [0.2, 0.25) is 5.91 Å². The molecule has 0 heterocycles. The molecule has 1 amide bonds. The smallest absolute Gasteiger partial charge is 0.220 e. The summed E-state index contributed by atoms with van der Waals surface area (Å²) in [4.78, 5) is 11.6. The Morgan fingerprint density at radius 3 is 2.85 bits per heavy atom. The van der Waals surface area contributed by atoms with E-state index >= 15 is 0 Å². The highest BCUT2D eigenvalue weighted by atomic mass is 35.5. The summed E-state index contributed by atoms with van der Waals surface area (Å²) in [5.41, 5.74) is 0.989. The lowest BCUT2D eigenvalue weighted by atomic mass is 10.2. The van der Waals surface area contributed by atoms with Crippen LogP contribution in [-0.2, 0) is 4.79 Å². The number of halogens is 1. The monoisotopic (exact) mass is 298 g/mol. The number of likely N-dealkylation sites (N-methyl/N-ethyl adjacent to an activating group) is 1. The first kappa shape index (κ1) is 16.8. The van der Waals surface area contributed by atoms with Gasteiger partial charge < -0.3 is 15.4 Å². The Kier molecular flexibility index (Phi) is 7.41. The Bertz CT molecular complexity index is 438. The van der Waals surface area contributed by atoms with Gasteiger partial charge in [0.15, 0.2) is 0 Å². The Morgan fingerprint density at radius 1 is 1.45 bits per heavy atom. The molecule has 0 spiro atoms. The van der Waals surface area contributed by atoms with Crippen molar-refractivity contribution in [3.63, 3.8) is 0 Å². The largest absolute Gasteiger partial charge is 0.494 e. The maximum Gasteiger partial charge on any atom is 0.220 e. The third-order valence-corrected chi connectivity index (χ3v) is 3.47. The van der Waals surface area contributed by atoms with Gasteiger partial charge in [-0.1, -0.05) is 11.6 Å². The lowest BCUT2D eigenvalue weighted by molar-refractivity contribution is -0.121. The van der Waals surface area contributed by atoms with E-state index in [2.05, 4.69) is 10.6 Å². The summed E-state index contributed by atoms with van der Waals surface area (Å²) in [5, 5.41) is 6.67. The van der Waals surface area contributed by atoms with E-state index < -0.39 is 0 Å². The highest BCUT2D eigenvalue weighted by molar-refractivity contribution is 6.31. The molecule has 1 aromatic rings. The molecule has 5 heteroatoms. The Labute approximate surface area is 125 Å². The second-order valence-corrected chi connectivity index (χ2v) is 5.26. The average Bonchev–Trinajstić information content (AvgIpc) is 2.44. The molecule has 1 rings (SSSR count). The van der Waals surface area contributed by atoms with Crippen molar-refractivity contribution < 1.29 is 9.53 Å². The molecule has 0 fully saturated rings. The second kappa shape index (κ2) is 8.82. The summed E-state index contributed by atoms with van der Waals surface area (Å²) in [5.74, 6) is 0.846. The van der Waals surface area contributed by atoms with Crippen molar-refractivity contribution in [1.82, 2.24) is 10.6 Å². The number of ether oxygens (including phenoxy) is 1. The van der Waals surface area contributed by atoms with Gasteiger partial charge in [0, 0.05) is 24.0 Å². The molecular formula is C15H23ClN2O2. The molecule has 0 aliphatic heterocycles. The molecule has 1 aromatic carbocycles. The maximum absolute atomic E-state index is 11.6. The molecule has 20 heavy (non-hydrogen) atoms. The number of amides is 1. The number of hydrogen-bond acceptors (Lipinski definition) is 3. The summed E-state index contributed by atoms with van der Waals surface area (Å²) >= 11 is 5.94. The predicted octanol–water partition coefficient (Wildman–Crippen LogP) is 2.53. The minimum absolute atomic E-state index is 0.0583. The van der Waals surface area contributed by atoms with Gasteiger partial charge in [-0.2, -0.15) is 0 Å². The summed E-state index contributed by atoms with van der Waals surface area (Å²) < 4.78 is 5.59. The number of benzene rings is 1. The van der Waals surface area contributed by atoms with Crippen LogP contribution in [0.2, 0.25) is 5.02 Å². The number of carbonyl (C=O) groups is 1. The van der Waals surface area contributed by atoms with Crippen molar-refractivity contribution in [2.75, 3.05) is 20.2 Å². The third-order valence-electron chi connectivity index (χ3n) is 3.04. The van der Waals surface area contributed by atoms with E-state index in [1.165, 1.54) is 0 Å². The first-order valence-electron chi connectivity index (χ1n) is 6.86. The minimum atomic E-state index is 0.0583. The molecule has 0 aromatic heterocycles. The lowest BCUT2D eigenvalue weighted by Gasteiger charge is -2.11. The average molecular weight is 299 g/mol. The van der Waals surface area contributed by atoms with Crippen LogP contribution in [0.25, 0.3) is 0 Å². The van der Waals surface area contributed by atoms with E-state index in [0.29, 0.717) is 26.0 Å². The number of rotatable bonds is 8. The molecule has 4 nitrogen and oxygen atoms in total. The first-order valence-corrected chi connectivity index (χ1v) is 7.23. The van der Waals surface area contributed by atoms with Gasteiger partial charge in [-0.05, 0) is 51.1 Å². The van der Waals surface area contributed by atoms with Crippen LogP contribution in [0.4, 0.5) is 0 Å². The maximum atomic E-state index is 11.6. The van der Waals surface area contributed by atoms with Crippen LogP contribution in [0.1, 0.15) is 25.3 Å². The fraction of sp³-hybridized carbons (Fsp3) is 0.533. The zero-order valence-electron chi connectivity index (χ0n) is 12.3. The zero-order valence-corrected chi connectivity index (χ0v) is 13.1. The minimum Gasteiger partial charge on any atom is -0.494 e. The number of hydrogen-bond donors (Lipinski definition) is 2. The van der Waals surface area contributed by atoms with Crippen molar-refractivity contribution in [2.24, 2.45) is 0 Å². The van der Waals surface area contributed by atoms with Gasteiger partial charge in [0.1, 0.15) is 5.75 Å². The van der Waals surface area contributed by atoms with Crippen molar-refractivity contribution >= 4 is 17.5 Å². The SMILES string of the molecule is CNC(C)CNC(=O)CCCOc1ccc(Cl)c(C)c1. The summed E-state index contributed by atoms with van der Waals surface area (Å²) in [6.45, 7) is 5.13. The molecule has 0 bridgehead atoms. The van der Waals surface area contributed by atoms with Crippen molar-refractivity contribution in [1.29, 1.82) is 0 Å². The van der Waals surface area contributed by atoms with Crippen LogP contribution in [-0.4, -0.2) is 32.1 Å². The molecule has 2 N–H and O–H groups in total. The Balaban J connectivity index is 2.18. The summed E-state index contributed by atoms with van der Waals surface area (Å²) in [7, 11) is 1.87. The third kappa shape index (κ3) is 6.26. The van der Waals surface area contributed by atoms with Gasteiger partial charge in [-0.15, -0.1) is 0 Å². The molecule has 112 valence electrons. The highest BCUT2D eigenvalue weighted by Gasteiger charge is 2.04. The van der Waals surface area contributed by atoms with Crippen molar-refractivity contribution in [3.8, 4) is 5.75 Å². The standard InChI is InChI=1S/C15H23ClN2O2/c1-11-9-13(6-7-14(11)16)20-8-4-5-15(19)18-10-12(2)17-3/h6-7,9,12,17H,4-5,8,10H2,1-3H3,(H,18,19). The van der Waals surface area contributed by atoms with E-state index in [0.717, 1.165) is 16.3 Å². The molecule has 0 radical (unpaired) electrons. The van der Waals surface area contributed by atoms with Crippen molar-refractivity contribution in [2.45, 2.75) is 32.7 Å². The van der Waals surface area contributed by atoms with E-state index in [4.69, 9.17) is 16.3 Å². The van der Waals surface area contributed by atoms with Crippen LogP contribution in [0.3, 0.4) is 0 Å². The molecule has 1 unspecified atom stereocenters. The summed E-state index contributed by atoms with van der Waals surface area (Å²) in [6, 6.07) is 5.84.